The summed E-state index contributed by atoms with van der Waals surface area (Å²) >= 11 is 0. The predicted octanol–water partition coefficient (Wildman–Crippen LogP) is 2.07. The van der Waals surface area contributed by atoms with E-state index < -0.39 is 17.7 Å². The zero-order chi connectivity index (χ0) is 11.4. The van der Waals surface area contributed by atoms with E-state index >= 15 is 0 Å². The number of rotatable bonds is 3. The Hall–Kier alpha value is -1.58. The van der Waals surface area contributed by atoms with Gasteiger partial charge in [-0.15, -0.1) is 0 Å². The van der Waals surface area contributed by atoms with E-state index in [1.165, 1.54) is 25.3 Å². The first kappa shape index (κ1) is 11.5. The number of halogens is 1. The van der Waals surface area contributed by atoms with E-state index in [-0.39, 0.29) is 0 Å². The fourth-order valence-electron chi connectivity index (χ4n) is 1.50. The Morgan fingerprint density at radius 1 is 1.60 bits per heavy atom. The third kappa shape index (κ3) is 2.46. The molecule has 1 rings (SSSR count). The third-order valence-corrected chi connectivity index (χ3v) is 2.32. The van der Waals surface area contributed by atoms with Gasteiger partial charge in [-0.2, -0.15) is 0 Å². The summed E-state index contributed by atoms with van der Waals surface area (Å²) in [6, 6.07) is 4.00. The Morgan fingerprint density at radius 2 is 2.27 bits per heavy atom. The quantitative estimate of drug-likeness (QED) is 0.615. The number of hydrogen-bond acceptors (Lipinski definition) is 3. The van der Waals surface area contributed by atoms with Crippen LogP contribution in [-0.2, 0) is 9.53 Å². The maximum atomic E-state index is 13.0. The lowest BCUT2D eigenvalue weighted by Crippen LogP contribution is -2.15. The van der Waals surface area contributed by atoms with Crippen LogP contribution in [0.3, 0.4) is 0 Å². The first-order valence-electron chi connectivity index (χ1n) is 4.72. The molecular formula is C11H14FNO2. The van der Waals surface area contributed by atoms with Crippen molar-refractivity contribution in [3.05, 3.63) is 29.6 Å². The van der Waals surface area contributed by atoms with E-state index in [4.69, 9.17) is 5.73 Å². The highest BCUT2D eigenvalue weighted by Crippen LogP contribution is 2.26. The van der Waals surface area contributed by atoms with Gasteiger partial charge in [-0.3, -0.25) is 4.79 Å². The number of nitrogens with two attached hydrogens (primary N) is 1. The highest BCUT2D eigenvalue weighted by atomic mass is 19.1. The zero-order valence-corrected chi connectivity index (χ0v) is 8.79. The van der Waals surface area contributed by atoms with Crippen molar-refractivity contribution in [2.45, 2.75) is 19.3 Å². The van der Waals surface area contributed by atoms with Gasteiger partial charge in [0.05, 0.1) is 13.0 Å². The second kappa shape index (κ2) is 4.77. The number of carbonyl (C=O) groups excluding carboxylic acids is 1. The molecule has 2 N–H and O–H groups in total. The molecule has 0 aliphatic rings. The number of anilines is 1. The van der Waals surface area contributed by atoms with Gasteiger partial charge in [-0.25, -0.2) is 4.39 Å². The van der Waals surface area contributed by atoms with Crippen molar-refractivity contribution < 1.29 is 13.9 Å². The SMILES string of the molecule is CCC(C(=O)OC)c1cc(F)ccc1N. The topological polar surface area (TPSA) is 52.3 Å². The van der Waals surface area contributed by atoms with E-state index in [1.54, 1.807) is 0 Å². The van der Waals surface area contributed by atoms with Crippen LogP contribution < -0.4 is 5.73 Å². The van der Waals surface area contributed by atoms with Crippen LogP contribution >= 0.6 is 0 Å². The van der Waals surface area contributed by atoms with Crippen molar-refractivity contribution in [3.8, 4) is 0 Å². The number of nitrogen functional groups attached to an aromatic ring is 1. The number of methoxy groups -OCH3 is 1. The summed E-state index contributed by atoms with van der Waals surface area (Å²) in [4.78, 5) is 11.4. The molecule has 0 aromatic heterocycles. The van der Waals surface area contributed by atoms with Crippen LogP contribution in [0, 0.1) is 5.82 Å². The molecule has 0 aliphatic carbocycles. The smallest absolute Gasteiger partial charge is 0.313 e. The van der Waals surface area contributed by atoms with Crippen molar-refractivity contribution in [1.29, 1.82) is 0 Å². The van der Waals surface area contributed by atoms with Crippen molar-refractivity contribution in [2.75, 3.05) is 12.8 Å². The van der Waals surface area contributed by atoms with Gasteiger partial charge in [-0.05, 0) is 30.2 Å². The van der Waals surface area contributed by atoms with Crippen LogP contribution in [0.1, 0.15) is 24.8 Å². The Labute approximate surface area is 88.0 Å². The van der Waals surface area contributed by atoms with E-state index in [1.807, 2.05) is 6.92 Å². The molecule has 1 aromatic carbocycles. The minimum atomic E-state index is -0.495. The molecule has 0 amide bonds. The first-order valence-corrected chi connectivity index (χ1v) is 4.72. The Bertz CT molecular complexity index is 366. The maximum absolute atomic E-state index is 13.0. The molecule has 0 saturated heterocycles. The third-order valence-electron chi connectivity index (χ3n) is 2.32. The monoisotopic (exact) mass is 211 g/mol. The van der Waals surface area contributed by atoms with Gasteiger partial charge >= 0.3 is 5.97 Å². The summed E-state index contributed by atoms with van der Waals surface area (Å²) in [6.07, 6.45) is 0.528. The van der Waals surface area contributed by atoms with Crippen molar-refractivity contribution >= 4 is 11.7 Å². The number of benzene rings is 1. The van der Waals surface area contributed by atoms with Crippen molar-refractivity contribution in [1.82, 2.24) is 0 Å². The Morgan fingerprint density at radius 3 is 2.80 bits per heavy atom. The van der Waals surface area contributed by atoms with E-state index in [2.05, 4.69) is 4.74 Å². The number of carbonyl (C=O) groups is 1. The number of ether oxygens (including phenoxy) is 1. The van der Waals surface area contributed by atoms with Crippen LogP contribution in [0.25, 0.3) is 0 Å². The molecule has 3 nitrogen and oxygen atoms in total. The average Bonchev–Trinajstić information content (AvgIpc) is 2.23. The number of hydrogen-bond donors (Lipinski definition) is 1. The van der Waals surface area contributed by atoms with Gasteiger partial charge in [-0.1, -0.05) is 6.92 Å². The molecule has 0 aliphatic heterocycles. The van der Waals surface area contributed by atoms with Gasteiger partial charge in [0.1, 0.15) is 5.82 Å². The van der Waals surface area contributed by atoms with Crippen LogP contribution in [0.2, 0.25) is 0 Å². The molecule has 82 valence electrons. The second-order valence-corrected chi connectivity index (χ2v) is 3.26. The molecular weight excluding hydrogens is 197 g/mol. The summed E-state index contributed by atoms with van der Waals surface area (Å²) < 4.78 is 17.6. The lowest BCUT2D eigenvalue weighted by Gasteiger charge is -2.14. The summed E-state index contributed by atoms with van der Waals surface area (Å²) in [5, 5.41) is 0. The van der Waals surface area contributed by atoms with Crippen molar-refractivity contribution in [2.24, 2.45) is 0 Å². The molecule has 15 heavy (non-hydrogen) atoms. The summed E-state index contributed by atoms with van der Waals surface area (Å²) in [5.74, 6) is -1.29. The normalized spacial score (nSPS) is 12.2. The zero-order valence-electron chi connectivity index (χ0n) is 8.79. The average molecular weight is 211 g/mol. The van der Waals surface area contributed by atoms with Crippen LogP contribution in [0.15, 0.2) is 18.2 Å². The molecule has 0 heterocycles. The largest absolute Gasteiger partial charge is 0.469 e. The summed E-state index contributed by atoms with van der Waals surface area (Å²) in [5.41, 5.74) is 6.58. The molecule has 1 unspecified atom stereocenters. The minimum Gasteiger partial charge on any atom is -0.469 e. The molecule has 4 heteroatoms. The van der Waals surface area contributed by atoms with Gasteiger partial charge < -0.3 is 10.5 Å². The van der Waals surface area contributed by atoms with E-state index in [0.29, 0.717) is 17.7 Å². The fourth-order valence-corrected chi connectivity index (χ4v) is 1.50. The van der Waals surface area contributed by atoms with Crippen LogP contribution in [0.4, 0.5) is 10.1 Å². The Balaban J connectivity index is 3.11. The molecule has 0 saturated carbocycles. The highest BCUT2D eigenvalue weighted by Gasteiger charge is 2.21. The Kier molecular flexibility index (Phi) is 3.66. The van der Waals surface area contributed by atoms with Crippen LogP contribution in [-0.4, -0.2) is 13.1 Å². The maximum Gasteiger partial charge on any atom is 0.313 e. The lowest BCUT2D eigenvalue weighted by molar-refractivity contribution is -0.142. The molecule has 1 aromatic rings. The standard InChI is InChI=1S/C11H14FNO2/c1-3-8(11(14)15-2)9-6-7(12)4-5-10(9)13/h4-6,8H,3,13H2,1-2H3. The predicted molar refractivity (Wildman–Crippen MR) is 55.9 cm³/mol. The lowest BCUT2D eigenvalue weighted by atomic mass is 9.95. The van der Waals surface area contributed by atoms with E-state index in [0.717, 1.165) is 0 Å². The molecule has 1 atom stereocenters. The fraction of sp³-hybridized carbons (Fsp3) is 0.364. The van der Waals surface area contributed by atoms with Gasteiger partial charge in [0.15, 0.2) is 0 Å². The first-order chi connectivity index (χ1) is 7.10. The van der Waals surface area contributed by atoms with Gasteiger partial charge in [0.25, 0.3) is 0 Å². The van der Waals surface area contributed by atoms with Gasteiger partial charge in [0.2, 0.25) is 0 Å². The number of esters is 1. The highest BCUT2D eigenvalue weighted by molar-refractivity contribution is 5.80. The minimum absolute atomic E-state index is 0.394. The molecule has 0 bridgehead atoms. The van der Waals surface area contributed by atoms with E-state index in [9.17, 15) is 9.18 Å². The second-order valence-electron chi connectivity index (χ2n) is 3.26. The van der Waals surface area contributed by atoms with Gasteiger partial charge in [0, 0.05) is 5.69 Å². The molecule has 0 radical (unpaired) electrons. The molecule has 0 fully saturated rings. The summed E-state index contributed by atoms with van der Waals surface area (Å²) in [6.45, 7) is 1.83. The molecule has 0 spiro atoms. The van der Waals surface area contributed by atoms with Crippen LogP contribution in [0.5, 0.6) is 0 Å². The summed E-state index contributed by atoms with van der Waals surface area (Å²) in [7, 11) is 1.31. The van der Waals surface area contributed by atoms with Crippen molar-refractivity contribution in [3.63, 3.8) is 0 Å².